The summed E-state index contributed by atoms with van der Waals surface area (Å²) < 4.78 is 0. The first-order chi connectivity index (χ1) is 8.16. The highest BCUT2D eigenvalue weighted by molar-refractivity contribution is 5.75. The second-order valence-electron chi connectivity index (χ2n) is 5.44. The molecule has 1 unspecified atom stereocenters. The van der Waals surface area contributed by atoms with Crippen molar-refractivity contribution in [2.75, 3.05) is 6.61 Å². The van der Waals surface area contributed by atoms with E-state index in [4.69, 9.17) is 10.2 Å². The van der Waals surface area contributed by atoms with Crippen LogP contribution in [0.15, 0.2) is 0 Å². The number of hydrogen-bond donors (Lipinski definition) is 3. The van der Waals surface area contributed by atoms with Crippen molar-refractivity contribution in [1.29, 1.82) is 0 Å². The lowest BCUT2D eigenvalue weighted by Gasteiger charge is -2.37. The van der Waals surface area contributed by atoms with E-state index in [1.807, 2.05) is 34.6 Å². The van der Waals surface area contributed by atoms with Gasteiger partial charge < -0.3 is 15.3 Å². The molecule has 0 amide bonds. The molecule has 0 aliphatic rings. The maximum atomic E-state index is 11.3. The molecule has 0 aliphatic heterocycles. The van der Waals surface area contributed by atoms with Crippen molar-refractivity contribution in [2.45, 2.75) is 60.5 Å². The van der Waals surface area contributed by atoms with E-state index in [1.54, 1.807) is 0 Å². The van der Waals surface area contributed by atoms with E-state index in [1.165, 1.54) is 6.92 Å². The summed E-state index contributed by atoms with van der Waals surface area (Å²) in [6.45, 7) is 11.4. The molecule has 0 saturated heterocycles. The standard InChI is InChI=1S/C11H22O2.C3H8O2/c1-6-7-11(8(2)3,9(4)5)10(12)13;1-3(5)2-4/h8-9H,6-7H2,1-5H3,(H,12,13);3-5H,2H2,1H3. The van der Waals surface area contributed by atoms with Gasteiger partial charge in [-0.2, -0.15) is 0 Å². The SMILES string of the molecule is CC(O)CO.CCCC(C(=O)O)(C(C)C)C(C)C. The second kappa shape index (κ2) is 9.34. The third-order valence-electron chi connectivity index (χ3n) is 3.39. The van der Waals surface area contributed by atoms with E-state index < -0.39 is 17.5 Å². The van der Waals surface area contributed by atoms with Gasteiger partial charge in [0.1, 0.15) is 0 Å². The molecule has 1 atom stereocenters. The van der Waals surface area contributed by atoms with E-state index in [9.17, 15) is 9.90 Å². The third-order valence-corrected chi connectivity index (χ3v) is 3.39. The molecule has 4 nitrogen and oxygen atoms in total. The molecule has 18 heavy (non-hydrogen) atoms. The molecule has 4 heteroatoms. The normalized spacial score (nSPS) is 13.2. The summed E-state index contributed by atoms with van der Waals surface area (Å²) >= 11 is 0. The number of aliphatic hydroxyl groups excluding tert-OH is 2. The quantitative estimate of drug-likeness (QED) is 0.687. The summed E-state index contributed by atoms with van der Waals surface area (Å²) in [4.78, 5) is 11.3. The molecule has 0 saturated carbocycles. The van der Waals surface area contributed by atoms with Gasteiger partial charge in [-0.15, -0.1) is 0 Å². The van der Waals surface area contributed by atoms with Gasteiger partial charge in [-0.3, -0.25) is 4.79 Å². The van der Waals surface area contributed by atoms with Crippen LogP contribution in [0.3, 0.4) is 0 Å². The van der Waals surface area contributed by atoms with Gasteiger partial charge in [0.05, 0.1) is 18.1 Å². The minimum Gasteiger partial charge on any atom is -0.481 e. The molecular formula is C14H30O4. The van der Waals surface area contributed by atoms with Gasteiger partial charge in [0.2, 0.25) is 0 Å². The molecule has 0 aliphatic carbocycles. The predicted molar refractivity (Wildman–Crippen MR) is 73.4 cm³/mol. The van der Waals surface area contributed by atoms with Crippen LogP contribution in [0.4, 0.5) is 0 Å². The Morgan fingerprint density at radius 3 is 1.50 bits per heavy atom. The van der Waals surface area contributed by atoms with Crippen LogP contribution in [-0.2, 0) is 4.79 Å². The molecule has 0 fully saturated rings. The van der Waals surface area contributed by atoms with Gasteiger partial charge in [0.15, 0.2) is 0 Å². The molecule has 0 aromatic rings. The number of hydrogen-bond acceptors (Lipinski definition) is 3. The van der Waals surface area contributed by atoms with E-state index in [0.29, 0.717) is 0 Å². The molecule has 0 aromatic heterocycles. The van der Waals surface area contributed by atoms with Crippen LogP contribution >= 0.6 is 0 Å². The smallest absolute Gasteiger partial charge is 0.310 e. The van der Waals surface area contributed by atoms with Crippen LogP contribution in [0.1, 0.15) is 54.4 Å². The van der Waals surface area contributed by atoms with Gasteiger partial charge >= 0.3 is 5.97 Å². The van der Waals surface area contributed by atoms with Crippen LogP contribution < -0.4 is 0 Å². The largest absolute Gasteiger partial charge is 0.481 e. The number of carboxylic acid groups (broad SMARTS) is 1. The Morgan fingerprint density at radius 2 is 1.44 bits per heavy atom. The molecule has 0 heterocycles. The maximum absolute atomic E-state index is 11.3. The Hall–Kier alpha value is -0.610. The zero-order valence-electron chi connectivity index (χ0n) is 12.6. The molecule has 0 spiro atoms. The summed E-state index contributed by atoms with van der Waals surface area (Å²) in [6, 6.07) is 0. The minimum atomic E-state index is -0.639. The molecule has 3 N–H and O–H groups in total. The average molecular weight is 262 g/mol. The van der Waals surface area contributed by atoms with E-state index in [2.05, 4.69) is 0 Å². The monoisotopic (exact) mass is 262 g/mol. The summed E-state index contributed by atoms with van der Waals surface area (Å²) in [7, 11) is 0. The van der Waals surface area contributed by atoms with Crippen LogP contribution in [-0.4, -0.2) is 34.0 Å². The summed E-state index contributed by atoms with van der Waals surface area (Å²) in [6.07, 6.45) is 1.15. The molecular weight excluding hydrogens is 232 g/mol. The highest BCUT2D eigenvalue weighted by Gasteiger charge is 2.43. The van der Waals surface area contributed by atoms with Gasteiger partial charge in [-0.1, -0.05) is 41.0 Å². The highest BCUT2D eigenvalue weighted by atomic mass is 16.4. The minimum absolute atomic E-state index is 0.139. The van der Waals surface area contributed by atoms with Crippen LogP contribution in [0, 0.1) is 17.3 Å². The molecule has 0 bridgehead atoms. The van der Waals surface area contributed by atoms with Crippen molar-refractivity contribution in [3.63, 3.8) is 0 Å². The Labute approximate surface area is 111 Å². The lowest BCUT2D eigenvalue weighted by molar-refractivity contribution is -0.156. The fraction of sp³-hybridized carbons (Fsp3) is 0.929. The topological polar surface area (TPSA) is 77.8 Å². The predicted octanol–water partition coefficient (Wildman–Crippen LogP) is 2.53. The Kier molecular flexibility index (Phi) is 10.2. The lowest BCUT2D eigenvalue weighted by Crippen LogP contribution is -2.41. The van der Waals surface area contributed by atoms with Crippen LogP contribution in [0.2, 0.25) is 0 Å². The number of aliphatic carboxylic acids is 1. The van der Waals surface area contributed by atoms with Crippen molar-refractivity contribution in [3.05, 3.63) is 0 Å². The number of rotatable bonds is 6. The van der Waals surface area contributed by atoms with Gasteiger partial charge in [-0.05, 0) is 25.2 Å². The molecule has 0 aromatic carbocycles. The second-order valence-corrected chi connectivity index (χ2v) is 5.44. The van der Waals surface area contributed by atoms with Crippen molar-refractivity contribution in [2.24, 2.45) is 17.3 Å². The van der Waals surface area contributed by atoms with E-state index >= 15 is 0 Å². The maximum Gasteiger partial charge on any atom is 0.310 e. The Balaban J connectivity index is 0. The summed E-state index contributed by atoms with van der Waals surface area (Å²) in [5.41, 5.74) is -0.533. The number of carboxylic acids is 1. The van der Waals surface area contributed by atoms with E-state index in [-0.39, 0.29) is 18.4 Å². The first-order valence-corrected chi connectivity index (χ1v) is 6.69. The zero-order chi connectivity index (χ0) is 14.9. The number of aliphatic hydroxyl groups is 2. The zero-order valence-corrected chi connectivity index (χ0v) is 12.6. The lowest BCUT2D eigenvalue weighted by atomic mass is 9.66. The fourth-order valence-corrected chi connectivity index (χ4v) is 2.26. The van der Waals surface area contributed by atoms with Gasteiger partial charge in [-0.25, -0.2) is 0 Å². The van der Waals surface area contributed by atoms with Crippen molar-refractivity contribution in [3.8, 4) is 0 Å². The number of carbonyl (C=O) groups is 1. The Morgan fingerprint density at radius 1 is 1.11 bits per heavy atom. The van der Waals surface area contributed by atoms with Crippen LogP contribution in [0.5, 0.6) is 0 Å². The summed E-state index contributed by atoms with van der Waals surface area (Å²) in [5.74, 6) is -0.241. The molecule has 110 valence electrons. The van der Waals surface area contributed by atoms with Gasteiger partial charge in [0, 0.05) is 0 Å². The molecule has 0 radical (unpaired) electrons. The first kappa shape index (κ1) is 19.7. The third kappa shape index (κ3) is 5.83. The van der Waals surface area contributed by atoms with Gasteiger partial charge in [0.25, 0.3) is 0 Å². The first-order valence-electron chi connectivity index (χ1n) is 6.69. The Bertz CT molecular complexity index is 214. The van der Waals surface area contributed by atoms with E-state index in [0.717, 1.165) is 12.8 Å². The van der Waals surface area contributed by atoms with Crippen molar-refractivity contribution < 1.29 is 20.1 Å². The van der Waals surface area contributed by atoms with Crippen molar-refractivity contribution >= 4 is 5.97 Å². The summed E-state index contributed by atoms with van der Waals surface area (Å²) in [5, 5.41) is 25.3. The van der Waals surface area contributed by atoms with Crippen molar-refractivity contribution in [1.82, 2.24) is 0 Å². The average Bonchev–Trinajstić information content (AvgIpc) is 2.24. The highest BCUT2D eigenvalue weighted by Crippen LogP contribution is 2.40. The fourth-order valence-electron chi connectivity index (χ4n) is 2.26. The van der Waals surface area contributed by atoms with Crippen LogP contribution in [0.25, 0.3) is 0 Å². The molecule has 0 rings (SSSR count).